The van der Waals surface area contributed by atoms with Crippen LogP contribution in [0.15, 0.2) is 16.7 Å². The number of halogens is 1. The van der Waals surface area contributed by atoms with Crippen LogP contribution in [0.3, 0.4) is 0 Å². The zero-order valence-electron chi connectivity index (χ0n) is 10.2. The molecule has 4 nitrogen and oxygen atoms in total. The van der Waals surface area contributed by atoms with Gasteiger partial charge in [0.2, 0.25) is 0 Å². The number of pyridine rings is 1. The number of nitrogens with zero attached hydrogens (tertiary/aromatic N) is 1. The fraction of sp³-hybridized carbons (Fsp3) is 0.500. The molecule has 0 saturated carbocycles. The average molecular weight is 301 g/mol. The van der Waals surface area contributed by atoms with Crippen LogP contribution in [0.1, 0.15) is 25.8 Å². The summed E-state index contributed by atoms with van der Waals surface area (Å²) >= 11 is 3.41. The first-order chi connectivity index (χ1) is 7.97. The van der Waals surface area contributed by atoms with Gasteiger partial charge in [0, 0.05) is 6.20 Å². The number of carboxylic acids is 1. The fourth-order valence-corrected chi connectivity index (χ4v) is 1.82. The largest absolute Gasteiger partial charge is 0.480 e. The minimum atomic E-state index is -0.852. The first kappa shape index (κ1) is 14.0. The monoisotopic (exact) mass is 300 g/mol. The van der Waals surface area contributed by atoms with E-state index in [4.69, 9.17) is 0 Å². The molecule has 2 atom stereocenters. The van der Waals surface area contributed by atoms with Crippen molar-refractivity contribution >= 4 is 27.7 Å². The van der Waals surface area contributed by atoms with Gasteiger partial charge in [-0.1, -0.05) is 20.3 Å². The summed E-state index contributed by atoms with van der Waals surface area (Å²) in [5, 5.41) is 12.2. The Hall–Kier alpha value is -1.10. The molecule has 0 radical (unpaired) electrons. The maximum Gasteiger partial charge on any atom is 0.326 e. The van der Waals surface area contributed by atoms with E-state index in [9.17, 15) is 9.90 Å². The van der Waals surface area contributed by atoms with Crippen LogP contribution in [0.4, 0.5) is 5.82 Å². The van der Waals surface area contributed by atoms with Gasteiger partial charge in [0.1, 0.15) is 11.9 Å². The summed E-state index contributed by atoms with van der Waals surface area (Å²) < 4.78 is 0.814. The van der Waals surface area contributed by atoms with Crippen molar-refractivity contribution in [3.8, 4) is 0 Å². The molecule has 0 aliphatic heterocycles. The van der Waals surface area contributed by atoms with Crippen LogP contribution in [0, 0.1) is 12.8 Å². The van der Waals surface area contributed by atoms with E-state index in [-0.39, 0.29) is 5.92 Å². The van der Waals surface area contributed by atoms with Gasteiger partial charge in [0.05, 0.1) is 4.47 Å². The molecule has 1 heterocycles. The number of carboxylic acid groups (broad SMARTS) is 1. The predicted molar refractivity (Wildman–Crippen MR) is 71.2 cm³/mol. The summed E-state index contributed by atoms with van der Waals surface area (Å²) in [5.41, 5.74) is 1.02. The predicted octanol–water partition coefficient (Wildman–Crippen LogP) is 3.06. The normalized spacial score (nSPS) is 14.1. The van der Waals surface area contributed by atoms with E-state index in [1.165, 1.54) is 0 Å². The van der Waals surface area contributed by atoms with Crippen molar-refractivity contribution in [3.63, 3.8) is 0 Å². The third-order valence-electron chi connectivity index (χ3n) is 2.85. The number of hydrogen-bond donors (Lipinski definition) is 2. The second kappa shape index (κ2) is 6.00. The molecule has 2 N–H and O–H groups in total. The summed E-state index contributed by atoms with van der Waals surface area (Å²) in [6, 6.07) is 1.25. The van der Waals surface area contributed by atoms with E-state index in [1.807, 2.05) is 26.8 Å². The summed E-state index contributed by atoms with van der Waals surface area (Å²) in [6.07, 6.45) is 2.46. The Kier molecular flexibility index (Phi) is 4.93. The van der Waals surface area contributed by atoms with E-state index in [1.54, 1.807) is 6.20 Å². The number of anilines is 1. The molecule has 0 unspecified atom stereocenters. The van der Waals surface area contributed by atoms with E-state index in [0.29, 0.717) is 5.82 Å². The highest BCUT2D eigenvalue weighted by molar-refractivity contribution is 9.10. The van der Waals surface area contributed by atoms with Crippen molar-refractivity contribution in [3.05, 3.63) is 22.3 Å². The number of nitrogens with one attached hydrogen (secondary N) is 1. The van der Waals surface area contributed by atoms with Crippen molar-refractivity contribution in [2.24, 2.45) is 5.92 Å². The second-order valence-electron chi connectivity index (χ2n) is 4.14. The molecule has 0 amide bonds. The van der Waals surface area contributed by atoms with Gasteiger partial charge < -0.3 is 10.4 Å². The second-order valence-corrected chi connectivity index (χ2v) is 4.93. The van der Waals surface area contributed by atoms with E-state index < -0.39 is 12.0 Å². The maximum atomic E-state index is 11.2. The van der Waals surface area contributed by atoms with Gasteiger partial charge in [-0.05, 0) is 40.4 Å². The summed E-state index contributed by atoms with van der Waals surface area (Å²) in [6.45, 7) is 5.83. The Bertz CT molecular complexity index is 409. The SMILES string of the molecule is CC[C@H](C)[C@H](Nc1nccc(C)c1Br)C(=O)O. The third kappa shape index (κ3) is 3.43. The van der Waals surface area contributed by atoms with Crippen LogP contribution in [0.2, 0.25) is 0 Å². The zero-order chi connectivity index (χ0) is 13.0. The molecule has 5 heteroatoms. The zero-order valence-corrected chi connectivity index (χ0v) is 11.8. The quantitative estimate of drug-likeness (QED) is 0.877. The molecule has 0 bridgehead atoms. The lowest BCUT2D eigenvalue weighted by Gasteiger charge is -2.21. The molecule has 1 rings (SSSR count). The Morgan fingerprint density at radius 1 is 1.65 bits per heavy atom. The smallest absolute Gasteiger partial charge is 0.326 e. The van der Waals surface area contributed by atoms with E-state index >= 15 is 0 Å². The minimum absolute atomic E-state index is 0.0433. The van der Waals surface area contributed by atoms with Gasteiger partial charge in [0.15, 0.2) is 0 Å². The van der Waals surface area contributed by atoms with Gasteiger partial charge in [0.25, 0.3) is 0 Å². The van der Waals surface area contributed by atoms with Crippen molar-refractivity contribution in [1.82, 2.24) is 4.98 Å². The van der Waals surface area contributed by atoms with Crippen molar-refractivity contribution in [2.45, 2.75) is 33.2 Å². The standard InChI is InChI=1S/C12H17BrN2O2/c1-4-7(2)10(12(16)17)15-11-9(13)8(3)5-6-14-11/h5-7,10H,4H2,1-3H3,(H,14,15)(H,16,17)/t7-,10-/m0/s1. The van der Waals surface area contributed by atoms with Crippen LogP contribution in [0.25, 0.3) is 0 Å². The van der Waals surface area contributed by atoms with E-state index in [0.717, 1.165) is 16.5 Å². The topological polar surface area (TPSA) is 62.2 Å². The Balaban J connectivity index is 2.94. The van der Waals surface area contributed by atoms with Gasteiger partial charge in [-0.25, -0.2) is 9.78 Å². The molecule has 0 aromatic carbocycles. The van der Waals surface area contributed by atoms with Crippen LogP contribution in [-0.4, -0.2) is 22.1 Å². The fourth-order valence-electron chi connectivity index (χ4n) is 1.47. The maximum absolute atomic E-state index is 11.2. The number of aryl methyl sites for hydroxylation is 1. The minimum Gasteiger partial charge on any atom is -0.480 e. The molecule has 1 aromatic rings. The highest BCUT2D eigenvalue weighted by Crippen LogP contribution is 2.25. The molecule has 1 aromatic heterocycles. The molecule has 0 spiro atoms. The number of hydrogen-bond acceptors (Lipinski definition) is 3. The molecule has 0 aliphatic rings. The molecular weight excluding hydrogens is 284 g/mol. The number of rotatable bonds is 5. The van der Waals surface area contributed by atoms with Crippen LogP contribution in [0.5, 0.6) is 0 Å². The van der Waals surface area contributed by atoms with Crippen molar-refractivity contribution in [2.75, 3.05) is 5.32 Å². The van der Waals surface area contributed by atoms with Crippen molar-refractivity contribution in [1.29, 1.82) is 0 Å². The van der Waals surface area contributed by atoms with Crippen LogP contribution in [-0.2, 0) is 4.79 Å². The van der Waals surface area contributed by atoms with Crippen molar-refractivity contribution < 1.29 is 9.90 Å². The molecule has 94 valence electrons. The summed E-state index contributed by atoms with van der Waals surface area (Å²) in [7, 11) is 0. The number of aromatic nitrogens is 1. The first-order valence-corrected chi connectivity index (χ1v) is 6.37. The Morgan fingerprint density at radius 2 is 2.29 bits per heavy atom. The highest BCUT2D eigenvalue weighted by Gasteiger charge is 2.24. The molecule has 17 heavy (non-hydrogen) atoms. The highest BCUT2D eigenvalue weighted by atomic mass is 79.9. The third-order valence-corrected chi connectivity index (χ3v) is 3.85. The van der Waals surface area contributed by atoms with E-state index in [2.05, 4.69) is 26.2 Å². The van der Waals surface area contributed by atoms with Crippen LogP contribution < -0.4 is 5.32 Å². The molecule has 0 aliphatic carbocycles. The van der Waals surface area contributed by atoms with Gasteiger partial charge >= 0.3 is 5.97 Å². The average Bonchev–Trinajstić information content (AvgIpc) is 2.29. The Morgan fingerprint density at radius 3 is 2.82 bits per heavy atom. The molecule has 0 fully saturated rings. The lowest BCUT2D eigenvalue weighted by molar-refractivity contribution is -0.139. The molecular formula is C12H17BrN2O2. The number of carbonyl (C=O) groups is 1. The summed E-state index contributed by atoms with van der Waals surface area (Å²) in [4.78, 5) is 15.4. The lowest BCUT2D eigenvalue weighted by Crippen LogP contribution is -2.35. The van der Waals surface area contributed by atoms with Crippen LogP contribution >= 0.6 is 15.9 Å². The van der Waals surface area contributed by atoms with Gasteiger partial charge in [-0.3, -0.25) is 0 Å². The van der Waals surface area contributed by atoms with Gasteiger partial charge in [-0.15, -0.1) is 0 Å². The first-order valence-electron chi connectivity index (χ1n) is 5.57. The molecule has 0 saturated heterocycles. The van der Waals surface area contributed by atoms with Gasteiger partial charge in [-0.2, -0.15) is 0 Å². The lowest BCUT2D eigenvalue weighted by atomic mass is 9.99. The number of aliphatic carboxylic acids is 1. The Labute approximate surface area is 110 Å². The summed E-state index contributed by atoms with van der Waals surface area (Å²) in [5.74, 6) is -0.228.